The van der Waals surface area contributed by atoms with Crippen LogP contribution in [0.4, 0.5) is 8.78 Å². The van der Waals surface area contributed by atoms with Crippen molar-refractivity contribution in [2.75, 3.05) is 14.1 Å². The van der Waals surface area contributed by atoms with Gasteiger partial charge in [-0.2, -0.15) is 0 Å². The second-order valence-corrected chi connectivity index (χ2v) is 6.52. The Morgan fingerprint density at radius 3 is 2.36 bits per heavy atom. The summed E-state index contributed by atoms with van der Waals surface area (Å²) < 4.78 is 34.9. The highest BCUT2D eigenvalue weighted by Gasteiger charge is 2.18. The molecule has 2 N–H and O–H groups in total. The number of benzene rings is 1. The van der Waals surface area contributed by atoms with Crippen molar-refractivity contribution in [1.29, 1.82) is 0 Å². The number of pyridine rings is 1. The van der Waals surface area contributed by atoms with Crippen LogP contribution in [0.25, 0.3) is 11.0 Å². The van der Waals surface area contributed by atoms with Gasteiger partial charge in [0.25, 0.3) is 0 Å². The largest absolute Gasteiger partial charge is 0.487 e. The van der Waals surface area contributed by atoms with E-state index in [2.05, 4.69) is 20.2 Å². The molecule has 0 bridgehead atoms. The fourth-order valence-electron chi connectivity index (χ4n) is 3.22. The number of hydrogen-bond donors (Lipinski definition) is 2. The maximum Gasteiger partial charge on any atom is 0.147 e. The van der Waals surface area contributed by atoms with Crippen molar-refractivity contribution in [1.82, 2.24) is 20.2 Å². The number of rotatable bonds is 7. The van der Waals surface area contributed by atoms with Gasteiger partial charge in [-0.3, -0.25) is 4.98 Å². The molecule has 0 amide bonds. The number of aromatic nitrogens is 2. The molecule has 0 aliphatic heterocycles. The lowest BCUT2D eigenvalue weighted by Gasteiger charge is -2.19. The highest BCUT2D eigenvalue weighted by Crippen LogP contribution is 2.31. The van der Waals surface area contributed by atoms with Crippen molar-refractivity contribution in [3.8, 4) is 5.75 Å². The molecule has 0 spiro atoms. The Labute approximate surface area is 169 Å². The number of aryl methyl sites for hydroxylation is 1. The van der Waals surface area contributed by atoms with Crippen molar-refractivity contribution in [3.63, 3.8) is 0 Å². The molecule has 3 aromatic rings. The lowest BCUT2D eigenvalue weighted by atomic mass is 10.2. The van der Waals surface area contributed by atoms with Crippen LogP contribution in [0.3, 0.4) is 0 Å². The van der Waals surface area contributed by atoms with Crippen molar-refractivity contribution in [2.24, 2.45) is 0 Å². The van der Waals surface area contributed by atoms with Gasteiger partial charge in [0, 0.05) is 24.0 Å². The van der Waals surface area contributed by atoms with Gasteiger partial charge in [0.1, 0.15) is 29.5 Å². The number of halogens is 3. The summed E-state index contributed by atoms with van der Waals surface area (Å²) >= 11 is 0. The van der Waals surface area contributed by atoms with E-state index in [1.165, 1.54) is 12.1 Å². The van der Waals surface area contributed by atoms with E-state index in [0.29, 0.717) is 17.9 Å². The molecular weight excluding hydrogens is 386 g/mol. The SMILES string of the molecule is CNC(Cn1c(C)c(C)c2nccc(OCc3cc(F)cc(F)c3)c21)NC.Cl. The van der Waals surface area contributed by atoms with Crippen LogP contribution in [0, 0.1) is 25.5 Å². The molecule has 0 saturated heterocycles. The van der Waals surface area contributed by atoms with Crippen LogP contribution in [0.15, 0.2) is 30.5 Å². The molecule has 1 aromatic carbocycles. The van der Waals surface area contributed by atoms with Gasteiger partial charge < -0.3 is 19.9 Å². The molecule has 0 aliphatic carbocycles. The zero-order chi connectivity index (χ0) is 19.6. The molecule has 0 fully saturated rings. The van der Waals surface area contributed by atoms with E-state index in [1.807, 2.05) is 27.9 Å². The monoisotopic (exact) mass is 410 g/mol. The van der Waals surface area contributed by atoms with Gasteiger partial charge >= 0.3 is 0 Å². The number of likely N-dealkylation sites (N-methyl/N-ethyl adjacent to an activating group) is 2. The Bertz CT molecular complexity index is 937. The maximum absolute atomic E-state index is 13.4. The Balaban J connectivity index is 0.00000280. The van der Waals surface area contributed by atoms with Crippen LogP contribution in [-0.2, 0) is 13.2 Å². The predicted octanol–water partition coefficient (Wildman–Crippen LogP) is 3.70. The van der Waals surface area contributed by atoms with Crippen LogP contribution < -0.4 is 15.4 Å². The average molecular weight is 411 g/mol. The Morgan fingerprint density at radius 1 is 1.11 bits per heavy atom. The molecule has 152 valence electrons. The van der Waals surface area contributed by atoms with Gasteiger partial charge in [0.05, 0.1) is 18.2 Å². The molecule has 8 heteroatoms. The van der Waals surface area contributed by atoms with Gasteiger partial charge in [0.2, 0.25) is 0 Å². The Morgan fingerprint density at radius 2 is 1.75 bits per heavy atom. The molecule has 5 nitrogen and oxygen atoms in total. The first-order chi connectivity index (χ1) is 12.9. The number of ether oxygens (including phenoxy) is 1. The predicted molar refractivity (Wildman–Crippen MR) is 109 cm³/mol. The van der Waals surface area contributed by atoms with Gasteiger partial charge in [-0.25, -0.2) is 8.78 Å². The number of nitrogens with zero attached hydrogens (tertiary/aromatic N) is 2. The molecule has 2 heterocycles. The molecule has 3 rings (SSSR count). The summed E-state index contributed by atoms with van der Waals surface area (Å²) in [7, 11) is 3.78. The van der Waals surface area contributed by atoms with Crippen LogP contribution in [-0.4, -0.2) is 29.8 Å². The molecule has 28 heavy (non-hydrogen) atoms. The first kappa shape index (κ1) is 22.1. The lowest BCUT2D eigenvalue weighted by Crippen LogP contribution is -2.41. The number of hydrogen-bond acceptors (Lipinski definition) is 4. The van der Waals surface area contributed by atoms with Crippen LogP contribution in [0.5, 0.6) is 5.75 Å². The molecule has 2 aromatic heterocycles. The standard InChI is InChI=1S/C20H24F2N4O.ClH/c1-12-13(2)26(10-18(23-3)24-4)20-17(5-6-25-19(12)20)27-11-14-7-15(21)9-16(22)8-14;/h5-9,18,23-24H,10-11H2,1-4H3;1H. The van der Waals surface area contributed by atoms with Crippen molar-refractivity contribution >= 4 is 23.4 Å². The van der Waals surface area contributed by atoms with Crippen molar-refractivity contribution in [2.45, 2.75) is 33.2 Å². The smallest absolute Gasteiger partial charge is 0.147 e. The Hall–Kier alpha value is -2.22. The van der Waals surface area contributed by atoms with E-state index >= 15 is 0 Å². The highest BCUT2D eigenvalue weighted by atomic mass is 35.5. The van der Waals surface area contributed by atoms with Gasteiger partial charge in [-0.1, -0.05) is 0 Å². The number of fused-ring (bicyclic) bond motifs is 1. The van der Waals surface area contributed by atoms with E-state index in [9.17, 15) is 8.78 Å². The summed E-state index contributed by atoms with van der Waals surface area (Å²) in [6.07, 6.45) is 1.76. The van der Waals surface area contributed by atoms with E-state index in [4.69, 9.17) is 4.74 Å². The second-order valence-electron chi connectivity index (χ2n) is 6.52. The van der Waals surface area contributed by atoms with E-state index in [-0.39, 0.29) is 25.2 Å². The lowest BCUT2D eigenvalue weighted by molar-refractivity contribution is 0.306. The first-order valence-electron chi connectivity index (χ1n) is 8.81. The minimum Gasteiger partial charge on any atom is -0.487 e. The van der Waals surface area contributed by atoms with E-state index in [1.54, 1.807) is 12.3 Å². The van der Waals surface area contributed by atoms with E-state index in [0.717, 1.165) is 28.4 Å². The minimum absolute atomic E-state index is 0. The summed E-state index contributed by atoms with van der Waals surface area (Å²) in [5.74, 6) is -0.601. The van der Waals surface area contributed by atoms with Crippen LogP contribution >= 0.6 is 12.4 Å². The Kier molecular flexibility index (Phi) is 7.35. The number of nitrogens with one attached hydrogen (secondary N) is 2. The van der Waals surface area contributed by atoms with Crippen molar-refractivity contribution in [3.05, 3.63) is 58.9 Å². The van der Waals surface area contributed by atoms with Crippen molar-refractivity contribution < 1.29 is 13.5 Å². The minimum atomic E-state index is -0.616. The molecule has 0 aliphatic rings. The normalized spacial score (nSPS) is 11.1. The molecule has 0 unspecified atom stereocenters. The van der Waals surface area contributed by atoms with E-state index < -0.39 is 11.6 Å². The maximum atomic E-state index is 13.4. The third kappa shape index (κ3) is 4.43. The third-order valence-electron chi connectivity index (χ3n) is 4.84. The van der Waals surface area contributed by atoms with Crippen LogP contribution in [0.1, 0.15) is 16.8 Å². The zero-order valence-electron chi connectivity index (χ0n) is 16.3. The van der Waals surface area contributed by atoms with Gasteiger partial charge in [-0.15, -0.1) is 12.4 Å². The zero-order valence-corrected chi connectivity index (χ0v) is 17.2. The third-order valence-corrected chi connectivity index (χ3v) is 4.84. The first-order valence-corrected chi connectivity index (χ1v) is 8.81. The topological polar surface area (TPSA) is 51.1 Å². The van der Waals surface area contributed by atoms with Gasteiger partial charge in [0.15, 0.2) is 0 Å². The fourth-order valence-corrected chi connectivity index (χ4v) is 3.22. The molecule has 0 atom stereocenters. The summed E-state index contributed by atoms with van der Waals surface area (Å²) in [5.41, 5.74) is 4.35. The molecule has 0 radical (unpaired) electrons. The summed E-state index contributed by atoms with van der Waals surface area (Å²) in [6, 6.07) is 5.17. The highest BCUT2D eigenvalue weighted by molar-refractivity contribution is 5.86. The van der Waals surface area contributed by atoms with Crippen LogP contribution in [0.2, 0.25) is 0 Å². The quantitative estimate of drug-likeness (QED) is 0.583. The summed E-state index contributed by atoms with van der Waals surface area (Å²) in [4.78, 5) is 4.50. The summed E-state index contributed by atoms with van der Waals surface area (Å²) in [6.45, 7) is 4.82. The molecule has 0 saturated carbocycles. The summed E-state index contributed by atoms with van der Waals surface area (Å²) in [5, 5.41) is 6.43. The average Bonchev–Trinajstić information content (AvgIpc) is 2.88. The molecular formula is C20H25ClF2N4O. The second kappa shape index (κ2) is 9.32. The fraction of sp³-hybridized carbons (Fsp3) is 0.350. The van der Waals surface area contributed by atoms with Gasteiger partial charge in [-0.05, 0) is 51.2 Å².